The van der Waals surface area contributed by atoms with Gasteiger partial charge in [0.05, 0.1) is 6.04 Å². The standard InChI is InChI=1S/C14H23N5O2/c1-2-19-8-4-5-10(19)9-16-13(20)12-17-14(21-18-12)11-6-3-7-15-11/h10-11,15H,2-9H2,1H3,(H,16,20). The number of likely N-dealkylation sites (tertiary alicyclic amines) is 1. The highest BCUT2D eigenvalue weighted by Gasteiger charge is 2.26. The summed E-state index contributed by atoms with van der Waals surface area (Å²) in [6.45, 7) is 5.92. The Kier molecular flexibility index (Phi) is 4.50. The molecule has 21 heavy (non-hydrogen) atoms. The van der Waals surface area contributed by atoms with Crippen LogP contribution < -0.4 is 10.6 Å². The summed E-state index contributed by atoms with van der Waals surface area (Å²) in [5.74, 6) is 0.416. The van der Waals surface area contributed by atoms with Crippen LogP contribution in [-0.4, -0.2) is 53.2 Å². The third-order valence-electron chi connectivity index (χ3n) is 4.41. The van der Waals surface area contributed by atoms with Crippen molar-refractivity contribution >= 4 is 5.91 Å². The minimum absolute atomic E-state index is 0.101. The van der Waals surface area contributed by atoms with E-state index in [0.717, 1.165) is 38.9 Å². The second kappa shape index (κ2) is 6.53. The Bertz CT molecular complexity index is 483. The first-order valence-corrected chi connectivity index (χ1v) is 7.87. The molecule has 2 N–H and O–H groups in total. The zero-order chi connectivity index (χ0) is 14.7. The van der Waals surface area contributed by atoms with E-state index in [1.54, 1.807) is 0 Å². The van der Waals surface area contributed by atoms with E-state index in [-0.39, 0.29) is 17.8 Å². The number of aromatic nitrogens is 2. The second-order valence-electron chi connectivity index (χ2n) is 5.74. The average Bonchev–Trinajstić information content (AvgIpc) is 3.24. The Morgan fingerprint density at radius 1 is 1.48 bits per heavy atom. The molecule has 0 bridgehead atoms. The summed E-state index contributed by atoms with van der Waals surface area (Å²) in [6, 6.07) is 0.534. The predicted molar refractivity (Wildman–Crippen MR) is 76.9 cm³/mol. The van der Waals surface area contributed by atoms with E-state index in [1.165, 1.54) is 6.42 Å². The zero-order valence-corrected chi connectivity index (χ0v) is 12.5. The Morgan fingerprint density at radius 3 is 3.14 bits per heavy atom. The van der Waals surface area contributed by atoms with Gasteiger partial charge in [-0.05, 0) is 45.3 Å². The third-order valence-corrected chi connectivity index (χ3v) is 4.41. The lowest BCUT2D eigenvalue weighted by atomic mass is 10.2. The molecule has 7 heteroatoms. The second-order valence-corrected chi connectivity index (χ2v) is 5.74. The summed E-state index contributed by atoms with van der Waals surface area (Å²) >= 11 is 0. The third kappa shape index (κ3) is 3.24. The van der Waals surface area contributed by atoms with E-state index in [1.807, 2.05) is 0 Å². The van der Waals surface area contributed by atoms with Crippen LogP contribution in [0.5, 0.6) is 0 Å². The van der Waals surface area contributed by atoms with Gasteiger partial charge in [0.15, 0.2) is 0 Å². The lowest BCUT2D eigenvalue weighted by Gasteiger charge is -2.22. The monoisotopic (exact) mass is 293 g/mol. The van der Waals surface area contributed by atoms with Gasteiger partial charge in [0.2, 0.25) is 5.89 Å². The van der Waals surface area contributed by atoms with Gasteiger partial charge in [-0.25, -0.2) is 0 Å². The largest absolute Gasteiger partial charge is 0.348 e. The Balaban J connectivity index is 1.53. The molecule has 0 saturated carbocycles. The SMILES string of the molecule is CCN1CCCC1CNC(=O)c1noc(C2CCCN2)n1. The average molecular weight is 293 g/mol. The highest BCUT2D eigenvalue weighted by molar-refractivity contribution is 5.90. The maximum absolute atomic E-state index is 12.1. The molecule has 2 aliphatic rings. The normalized spacial score (nSPS) is 26.3. The lowest BCUT2D eigenvalue weighted by molar-refractivity contribution is 0.0928. The maximum atomic E-state index is 12.1. The van der Waals surface area contributed by atoms with E-state index in [2.05, 4.69) is 32.6 Å². The number of amides is 1. The topological polar surface area (TPSA) is 83.3 Å². The van der Waals surface area contributed by atoms with Gasteiger partial charge in [-0.15, -0.1) is 0 Å². The van der Waals surface area contributed by atoms with Gasteiger partial charge in [0, 0.05) is 12.6 Å². The van der Waals surface area contributed by atoms with E-state index >= 15 is 0 Å². The first-order chi connectivity index (χ1) is 10.3. The predicted octanol–water partition coefficient (Wildman–Crippen LogP) is 0.708. The molecule has 116 valence electrons. The smallest absolute Gasteiger partial charge is 0.292 e. The number of hydrogen-bond acceptors (Lipinski definition) is 6. The Hall–Kier alpha value is -1.47. The molecule has 2 atom stereocenters. The molecule has 1 aromatic rings. The maximum Gasteiger partial charge on any atom is 0.292 e. The highest BCUT2D eigenvalue weighted by Crippen LogP contribution is 2.21. The van der Waals surface area contributed by atoms with Crippen molar-refractivity contribution < 1.29 is 9.32 Å². The summed E-state index contributed by atoms with van der Waals surface area (Å²) in [7, 11) is 0. The van der Waals surface area contributed by atoms with Crippen LogP contribution in [0, 0.1) is 0 Å². The Morgan fingerprint density at radius 2 is 2.38 bits per heavy atom. The molecule has 0 spiro atoms. The van der Waals surface area contributed by atoms with Crippen molar-refractivity contribution in [2.45, 2.75) is 44.7 Å². The molecule has 2 saturated heterocycles. The minimum Gasteiger partial charge on any atom is -0.348 e. The van der Waals surface area contributed by atoms with E-state index in [4.69, 9.17) is 4.52 Å². The molecule has 0 aromatic carbocycles. The fourth-order valence-electron chi connectivity index (χ4n) is 3.20. The summed E-state index contributed by atoms with van der Waals surface area (Å²) < 4.78 is 5.19. The summed E-state index contributed by atoms with van der Waals surface area (Å²) in [5.41, 5.74) is 0. The number of hydrogen-bond donors (Lipinski definition) is 2. The van der Waals surface area contributed by atoms with Crippen LogP contribution >= 0.6 is 0 Å². The van der Waals surface area contributed by atoms with Gasteiger partial charge in [-0.1, -0.05) is 12.1 Å². The van der Waals surface area contributed by atoms with Gasteiger partial charge in [0.25, 0.3) is 11.7 Å². The van der Waals surface area contributed by atoms with Crippen molar-refractivity contribution in [2.24, 2.45) is 0 Å². The van der Waals surface area contributed by atoms with Gasteiger partial charge in [-0.2, -0.15) is 4.98 Å². The molecule has 0 radical (unpaired) electrons. The molecule has 2 unspecified atom stereocenters. The fraction of sp³-hybridized carbons (Fsp3) is 0.786. The molecular weight excluding hydrogens is 270 g/mol. The quantitative estimate of drug-likeness (QED) is 0.832. The van der Waals surface area contributed by atoms with Gasteiger partial charge < -0.3 is 15.2 Å². The van der Waals surface area contributed by atoms with Gasteiger partial charge in [-0.3, -0.25) is 9.69 Å². The first-order valence-electron chi connectivity index (χ1n) is 7.87. The Labute approximate surface area is 124 Å². The number of carbonyl (C=O) groups is 1. The molecule has 7 nitrogen and oxygen atoms in total. The highest BCUT2D eigenvalue weighted by atomic mass is 16.5. The van der Waals surface area contributed by atoms with E-state index in [0.29, 0.717) is 18.5 Å². The lowest BCUT2D eigenvalue weighted by Crippen LogP contribution is -2.40. The summed E-state index contributed by atoms with van der Waals surface area (Å²) in [4.78, 5) is 18.7. The zero-order valence-electron chi connectivity index (χ0n) is 12.5. The van der Waals surface area contributed by atoms with Crippen LogP contribution in [0.15, 0.2) is 4.52 Å². The van der Waals surface area contributed by atoms with Crippen molar-refractivity contribution in [1.82, 2.24) is 25.7 Å². The van der Waals surface area contributed by atoms with Crippen LogP contribution in [0.2, 0.25) is 0 Å². The number of likely N-dealkylation sites (N-methyl/N-ethyl adjacent to an activating group) is 1. The molecule has 2 aliphatic heterocycles. The van der Waals surface area contributed by atoms with Crippen LogP contribution in [0.4, 0.5) is 0 Å². The molecule has 2 fully saturated rings. The van der Waals surface area contributed by atoms with Crippen molar-refractivity contribution in [1.29, 1.82) is 0 Å². The molecule has 1 amide bonds. The van der Waals surface area contributed by atoms with Crippen molar-refractivity contribution in [3.63, 3.8) is 0 Å². The number of carbonyl (C=O) groups excluding carboxylic acids is 1. The fourth-order valence-corrected chi connectivity index (χ4v) is 3.20. The van der Waals surface area contributed by atoms with Crippen LogP contribution in [0.25, 0.3) is 0 Å². The first kappa shape index (κ1) is 14.5. The van der Waals surface area contributed by atoms with Crippen molar-refractivity contribution in [2.75, 3.05) is 26.2 Å². The van der Waals surface area contributed by atoms with Crippen LogP contribution in [0.3, 0.4) is 0 Å². The van der Waals surface area contributed by atoms with E-state index in [9.17, 15) is 4.79 Å². The van der Waals surface area contributed by atoms with Crippen LogP contribution in [-0.2, 0) is 0 Å². The molecule has 0 aliphatic carbocycles. The number of nitrogens with zero attached hydrogens (tertiary/aromatic N) is 3. The summed E-state index contributed by atoms with van der Waals surface area (Å²) in [6.07, 6.45) is 4.42. The van der Waals surface area contributed by atoms with Crippen molar-refractivity contribution in [3.05, 3.63) is 11.7 Å². The van der Waals surface area contributed by atoms with Gasteiger partial charge in [0.1, 0.15) is 0 Å². The molecule has 3 heterocycles. The van der Waals surface area contributed by atoms with Crippen molar-refractivity contribution in [3.8, 4) is 0 Å². The number of rotatable bonds is 5. The van der Waals surface area contributed by atoms with Crippen LogP contribution in [0.1, 0.15) is 55.2 Å². The molecule has 3 rings (SSSR count). The molecule has 1 aromatic heterocycles. The summed E-state index contributed by atoms with van der Waals surface area (Å²) in [5, 5.41) is 10.00. The van der Waals surface area contributed by atoms with E-state index < -0.39 is 0 Å². The number of nitrogens with one attached hydrogen (secondary N) is 2. The minimum atomic E-state index is -0.244. The van der Waals surface area contributed by atoms with Gasteiger partial charge >= 0.3 is 0 Å². The molecular formula is C14H23N5O2.